The van der Waals surface area contributed by atoms with Gasteiger partial charge in [0, 0.05) is 0 Å². The molecule has 0 radical (unpaired) electrons. The highest BCUT2D eigenvalue weighted by atomic mass is 14.3. The standard InChI is InChI=1S/C51H92/c1-18-22-24-27-45(39-51(16,17)37-40(5)6)35-43(10)34-42(9)29-32-49(12,13)33-30-46(38-50(14,15)31-21-4)36-48(41(7)8)44(11)47(26-20-3)28-25-23-19-2/h21,23,25,29-31,34,39-41,44,47-48H,18-20,22,24,26-28,32-33,35-38H2,1-17H3. The van der Waals surface area contributed by atoms with Gasteiger partial charge in [-0.3, -0.25) is 0 Å². The van der Waals surface area contributed by atoms with Gasteiger partial charge in [-0.2, -0.15) is 0 Å². The van der Waals surface area contributed by atoms with Gasteiger partial charge in [0.25, 0.3) is 0 Å². The summed E-state index contributed by atoms with van der Waals surface area (Å²) < 4.78 is 0. The van der Waals surface area contributed by atoms with E-state index in [1.165, 1.54) is 68.9 Å². The summed E-state index contributed by atoms with van der Waals surface area (Å²) in [5.74, 6) is 3.60. The average Bonchev–Trinajstić information content (AvgIpc) is 2.99. The molecule has 0 aliphatic carbocycles. The molecule has 0 aromatic rings. The van der Waals surface area contributed by atoms with Crippen molar-refractivity contribution < 1.29 is 0 Å². The number of hydrogen-bond donors (Lipinski definition) is 0. The molecule has 0 aliphatic rings. The third-order valence-corrected chi connectivity index (χ3v) is 11.1. The lowest BCUT2D eigenvalue weighted by molar-refractivity contribution is 0.181. The zero-order chi connectivity index (χ0) is 39.3. The number of rotatable bonds is 27. The Morgan fingerprint density at radius 1 is 0.745 bits per heavy atom. The van der Waals surface area contributed by atoms with E-state index in [4.69, 9.17) is 0 Å². The smallest absolute Gasteiger partial charge is 0.0108 e. The fraction of sp³-hybridized carbons (Fsp3) is 0.765. The van der Waals surface area contributed by atoms with Crippen molar-refractivity contribution in [2.45, 2.75) is 208 Å². The molecule has 0 nitrogen and oxygen atoms in total. The van der Waals surface area contributed by atoms with Crippen molar-refractivity contribution in [1.82, 2.24) is 0 Å². The van der Waals surface area contributed by atoms with Crippen LogP contribution in [0, 0.1) is 45.8 Å². The fourth-order valence-corrected chi connectivity index (χ4v) is 8.68. The fourth-order valence-electron chi connectivity index (χ4n) is 8.68. The van der Waals surface area contributed by atoms with Crippen LogP contribution in [-0.4, -0.2) is 0 Å². The zero-order valence-electron chi connectivity index (χ0n) is 37.9. The van der Waals surface area contributed by atoms with Crippen LogP contribution in [0.2, 0.25) is 0 Å². The van der Waals surface area contributed by atoms with Gasteiger partial charge in [0.15, 0.2) is 0 Å². The van der Waals surface area contributed by atoms with E-state index in [-0.39, 0.29) is 16.2 Å². The summed E-state index contributed by atoms with van der Waals surface area (Å²) in [6.07, 6.45) is 36.9. The zero-order valence-corrected chi connectivity index (χ0v) is 37.9. The first-order valence-electron chi connectivity index (χ1n) is 21.7. The molecule has 0 aromatic carbocycles. The molecule has 3 unspecified atom stereocenters. The first-order valence-corrected chi connectivity index (χ1v) is 21.7. The van der Waals surface area contributed by atoms with Crippen LogP contribution in [0.5, 0.6) is 0 Å². The summed E-state index contributed by atoms with van der Waals surface area (Å²) in [7, 11) is 0. The first-order chi connectivity index (χ1) is 23.7. The lowest BCUT2D eigenvalue weighted by Gasteiger charge is -2.35. The summed E-state index contributed by atoms with van der Waals surface area (Å²) >= 11 is 0. The van der Waals surface area contributed by atoms with E-state index in [0.717, 1.165) is 49.9 Å². The maximum Gasteiger partial charge on any atom is -0.0108 e. The van der Waals surface area contributed by atoms with Gasteiger partial charge in [0.05, 0.1) is 0 Å². The van der Waals surface area contributed by atoms with Crippen molar-refractivity contribution in [2.75, 3.05) is 0 Å². The monoisotopic (exact) mass is 705 g/mol. The third-order valence-electron chi connectivity index (χ3n) is 11.1. The van der Waals surface area contributed by atoms with Gasteiger partial charge in [-0.1, -0.05) is 194 Å². The Balaban J connectivity index is 6.16. The molecule has 0 spiro atoms. The third kappa shape index (κ3) is 23.7. The van der Waals surface area contributed by atoms with Gasteiger partial charge in [-0.15, -0.1) is 0 Å². The Bertz CT molecular complexity index is 1100. The normalized spacial score (nSPS) is 16.7. The number of unbranched alkanes of at least 4 members (excludes halogenated alkanes) is 2. The van der Waals surface area contributed by atoms with Crippen LogP contribution in [0.15, 0.2) is 70.9 Å². The maximum atomic E-state index is 2.68. The maximum absolute atomic E-state index is 2.68. The molecular weight excluding hydrogens is 613 g/mol. The minimum absolute atomic E-state index is 0.175. The molecular formula is C51H92. The molecule has 0 rings (SSSR count). The average molecular weight is 705 g/mol. The minimum atomic E-state index is 0.175. The molecule has 0 bridgehead atoms. The van der Waals surface area contributed by atoms with Gasteiger partial charge < -0.3 is 0 Å². The Morgan fingerprint density at radius 3 is 1.94 bits per heavy atom. The molecule has 0 heteroatoms. The predicted octanol–water partition coefficient (Wildman–Crippen LogP) is 17.6. The van der Waals surface area contributed by atoms with Crippen molar-refractivity contribution in [2.24, 2.45) is 45.8 Å². The molecule has 0 N–H and O–H groups in total. The summed E-state index contributed by atoms with van der Waals surface area (Å²) in [4.78, 5) is 0. The Kier molecular flexibility index (Phi) is 24.7. The Morgan fingerprint density at radius 2 is 1.39 bits per heavy atom. The van der Waals surface area contributed by atoms with Crippen molar-refractivity contribution in [1.29, 1.82) is 0 Å². The Labute approximate surface area is 323 Å². The van der Waals surface area contributed by atoms with Gasteiger partial charge in [0.2, 0.25) is 0 Å². The quantitative estimate of drug-likeness (QED) is 0.0454. The second-order valence-electron chi connectivity index (χ2n) is 19.7. The molecule has 0 heterocycles. The second-order valence-corrected chi connectivity index (χ2v) is 19.7. The summed E-state index contributed by atoms with van der Waals surface area (Å²) in [6.45, 7) is 40.7. The van der Waals surface area contributed by atoms with Crippen LogP contribution >= 0.6 is 0 Å². The van der Waals surface area contributed by atoms with E-state index < -0.39 is 0 Å². The predicted molar refractivity (Wildman–Crippen MR) is 236 cm³/mol. The minimum Gasteiger partial charge on any atom is -0.0911 e. The van der Waals surface area contributed by atoms with Gasteiger partial charge in [-0.05, 0) is 131 Å². The van der Waals surface area contributed by atoms with Crippen LogP contribution in [0.1, 0.15) is 208 Å². The topological polar surface area (TPSA) is 0 Å². The van der Waals surface area contributed by atoms with Crippen molar-refractivity contribution in [3.8, 4) is 0 Å². The van der Waals surface area contributed by atoms with E-state index in [0.29, 0.717) is 11.8 Å². The SMILES string of the molecule is CC=CC(C)(C)CC(=CCC(C)(C)CC=C(C)C=C(C)CC(=CC(C)(C)CC(C)C)CCCCC)CC(C(C)C)C(C)C(CC=CCC)CCC. The lowest BCUT2D eigenvalue weighted by Crippen LogP contribution is -2.26. The van der Waals surface area contributed by atoms with E-state index in [2.05, 4.69) is 166 Å². The Hall–Kier alpha value is -1.56. The van der Waals surface area contributed by atoms with Gasteiger partial charge in [0.1, 0.15) is 0 Å². The van der Waals surface area contributed by atoms with Crippen LogP contribution in [0.3, 0.4) is 0 Å². The lowest BCUT2D eigenvalue weighted by atomic mass is 9.70. The number of hydrogen-bond acceptors (Lipinski definition) is 0. The van der Waals surface area contributed by atoms with Crippen LogP contribution in [0.4, 0.5) is 0 Å². The first kappa shape index (κ1) is 49.4. The van der Waals surface area contributed by atoms with Crippen LogP contribution < -0.4 is 0 Å². The van der Waals surface area contributed by atoms with E-state index in [9.17, 15) is 0 Å². The van der Waals surface area contributed by atoms with Crippen molar-refractivity contribution in [3.63, 3.8) is 0 Å². The highest BCUT2D eigenvalue weighted by molar-refractivity contribution is 5.25. The van der Waals surface area contributed by atoms with Gasteiger partial charge >= 0.3 is 0 Å². The molecule has 0 amide bonds. The highest BCUT2D eigenvalue weighted by Crippen LogP contribution is 2.40. The van der Waals surface area contributed by atoms with Crippen molar-refractivity contribution in [3.05, 3.63) is 70.9 Å². The van der Waals surface area contributed by atoms with Gasteiger partial charge in [-0.25, -0.2) is 0 Å². The molecule has 3 atom stereocenters. The molecule has 296 valence electrons. The van der Waals surface area contributed by atoms with Crippen LogP contribution in [-0.2, 0) is 0 Å². The summed E-state index contributed by atoms with van der Waals surface area (Å²) in [6, 6.07) is 0. The van der Waals surface area contributed by atoms with Crippen molar-refractivity contribution >= 4 is 0 Å². The second kappa shape index (κ2) is 25.5. The van der Waals surface area contributed by atoms with Crippen LogP contribution in [0.25, 0.3) is 0 Å². The highest BCUT2D eigenvalue weighted by Gasteiger charge is 2.29. The molecule has 0 aromatic heterocycles. The van der Waals surface area contributed by atoms with E-state index in [1.807, 2.05) is 0 Å². The molecule has 0 aliphatic heterocycles. The largest absolute Gasteiger partial charge is 0.0911 e. The molecule has 0 saturated heterocycles. The summed E-state index contributed by atoms with van der Waals surface area (Å²) in [5, 5.41) is 0. The number of allylic oxidation sites excluding steroid dienone is 12. The van der Waals surface area contributed by atoms with E-state index in [1.54, 1.807) is 11.1 Å². The molecule has 51 heavy (non-hydrogen) atoms. The summed E-state index contributed by atoms with van der Waals surface area (Å²) in [5.41, 5.74) is 6.89. The molecule has 0 saturated carbocycles. The van der Waals surface area contributed by atoms with E-state index >= 15 is 0 Å². The molecule has 0 fully saturated rings.